The van der Waals surface area contributed by atoms with Crippen LogP contribution in [0.3, 0.4) is 0 Å². The molecule has 3 fully saturated rings. The zero-order valence-corrected chi connectivity index (χ0v) is 12.0. The molecule has 4 rings (SSSR count). The lowest BCUT2D eigenvalue weighted by Gasteiger charge is -2.22. The van der Waals surface area contributed by atoms with E-state index in [1.807, 2.05) is 0 Å². The maximum absolute atomic E-state index is 13.7. The highest BCUT2D eigenvalue weighted by atomic mass is 19.1. The molecule has 1 aromatic rings. The number of hydrogen-bond donors (Lipinski definition) is 1. The molecule has 2 bridgehead atoms. The van der Waals surface area contributed by atoms with E-state index in [2.05, 4.69) is 4.90 Å². The number of benzene rings is 1. The van der Waals surface area contributed by atoms with Crippen molar-refractivity contribution in [3.63, 3.8) is 0 Å². The van der Waals surface area contributed by atoms with Crippen molar-refractivity contribution in [1.29, 1.82) is 0 Å². The zero-order chi connectivity index (χ0) is 14.6. The third-order valence-electron chi connectivity index (χ3n) is 5.98. The molecule has 0 spiro atoms. The topological polar surface area (TPSA) is 23.5 Å². The van der Waals surface area contributed by atoms with E-state index in [1.54, 1.807) is 0 Å². The summed E-state index contributed by atoms with van der Waals surface area (Å²) < 4.78 is 27.4. The summed E-state index contributed by atoms with van der Waals surface area (Å²) in [5.41, 5.74) is -0.183. The molecule has 0 radical (unpaired) electrons. The van der Waals surface area contributed by atoms with Gasteiger partial charge in [0, 0.05) is 19.6 Å². The van der Waals surface area contributed by atoms with Gasteiger partial charge in [-0.2, -0.15) is 0 Å². The van der Waals surface area contributed by atoms with E-state index in [9.17, 15) is 13.9 Å². The van der Waals surface area contributed by atoms with Crippen LogP contribution in [0, 0.1) is 35.3 Å². The molecule has 1 unspecified atom stereocenters. The lowest BCUT2D eigenvalue weighted by atomic mass is 9.82. The average molecular weight is 293 g/mol. The Hall–Kier alpha value is -1.00. The predicted molar refractivity (Wildman–Crippen MR) is 75.6 cm³/mol. The molecule has 1 aliphatic heterocycles. The fourth-order valence-electron chi connectivity index (χ4n) is 5.08. The van der Waals surface area contributed by atoms with Crippen molar-refractivity contribution in [3.05, 3.63) is 35.4 Å². The summed E-state index contributed by atoms with van der Waals surface area (Å²) >= 11 is 0. The number of aliphatic hydroxyl groups is 1. The molecule has 3 aliphatic rings. The molecule has 5 atom stereocenters. The van der Waals surface area contributed by atoms with Gasteiger partial charge in [0.25, 0.3) is 0 Å². The molecule has 1 aromatic carbocycles. The van der Waals surface area contributed by atoms with Crippen LogP contribution in [-0.4, -0.2) is 29.6 Å². The van der Waals surface area contributed by atoms with Gasteiger partial charge in [-0.15, -0.1) is 0 Å². The third kappa shape index (κ3) is 2.20. The number of fused-ring (bicyclic) bond motifs is 5. The van der Waals surface area contributed by atoms with Crippen LogP contribution in [0.1, 0.15) is 30.9 Å². The molecular weight excluding hydrogens is 272 g/mol. The third-order valence-corrected chi connectivity index (χ3v) is 5.98. The summed E-state index contributed by atoms with van der Waals surface area (Å²) in [5, 5.41) is 10.2. The van der Waals surface area contributed by atoms with Gasteiger partial charge in [0.05, 0.1) is 11.7 Å². The van der Waals surface area contributed by atoms with Crippen molar-refractivity contribution in [2.75, 3.05) is 19.6 Å². The molecule has 114 valence electrons. The predicted octanol–water partition coefficient (Wildman–Crippen LogP) is 2.98. The second kappa shape index (κ2) is 5.03. The SMILES string of the molecule is OC(CN1C[C@@H]2[C@@H]3CC[C@@H](C3)[C@@H]2C1)c1c(F)cccc1F. The molecule has 2 saturated carbocycles. The Labute approximate surface area is 123 Å². The molecular formula is C17H21F2NO. The van der Waals surface area contributed by atoms with E-state index in [1.165, 1.54) is 37.5 Å². The largest absolute Gasteiger partial charge is 0.387 e. The monoisotopic (exact) mass is 293 g/mol. The number of nitrogens with zero attached hydrogens (tertiary/aromatic N) is 1. The van der Waals surface area contributed by atoms with Crippen molar-refractivity contribution in [1.82, 2.24) is 4.90 Å². The number of β-amino-alcohol motifs (C(OH)–C–C–N with tert-alkyl or cyclic N) is 1. The van der Waals surface area contributed by atoms with Crippen LogP contribution >= 0.6 is 0 Å². The van der Waals surface area contributed by atoms with Gasteiger partial charge >= 0.3 is 0 Å². The minimum atomic E-state index is -1.08. The van der Waals surface area contributed by atoms with Gasteiger partial charge in [-0.3, -0.25) is 4.90 Å². The van der Waals surface area contributed by atoms with Crippen LogP contribution in [0.2, 0.25) is 0 Å². The minimum absolute atomic E-state index is 0.183. The number of rotatable bonds is 3. The summed E-state index contributed by atoms with van der Waals surface area (Å²) in [4.78, 5) is 2.20. The Kier molecular flexibility index (Phi) is 3.27. The van der Waals surface area contributed by atoms with Crippen molar-refractivity contribution in [3.8, 4) is 0 Å². The maximum Gasteiger partial charge on any atom is 0.131 e. The van der Waals surface area contributed by atoms with Crippen molar-refractivity contribution in [2.45, 2.75) is 25.4 Å². The van der Waals surface area contributed by atoms with Crippen LogP contribution in [0.4, 0.5) is 8.78 Å². The fourth-order valence-corrected chi connectivity index (χ4v) is 5.08. The highest BCUT2D eigenvalue weighted by Gasteiger charge is 2.51. The van der Waals surface area contributed by atoms with Crippen LogP contribution in [0.25, 0.3) is 0 Å². The van der Waals surface area contributed by atoms with Gasteiger partial charge in [-0.1, -0.05) is 6.07 Å². The van der Waals surface area contributed by atoms with Gasteiger partial charge in [0.2, 0.25) is 0 Å². The number of halogens is 2. The summed E-state index contributed by atoms with van der Waals surface area (Å²) in [7, 11) is 0. The Balaban J connectivity index is 1.45. The lowest BCUT2D eigenvalue weighted by Crippen LogP contribution is -2.29. The van der Waals surface area contributed by atoms with Gasteiger partial charge in [-0.05, 0) is 55.1 Å². The van der Waals surface area contributed by atoms with E-state index >= 15 is 0 Å². The quantitative estimate of drug-likeness (QED) is 0.926. The smallest absolute Gasteiger partial charge is 0.131 e. The highest BCUT2D eigenvalue weighted by molar-refractivity contribution is 5.22. The van der Waals surface area contributed by atoms with E-state index in [-0.39, 0.29) is 5.56 Å². The maximum atomic E-state index is 13.7. The van der Waals surface area contributed by atoms with Crippen molar-refractivity contribution < 1.29 is 13.9 Å². The highest BCUT2D eigenvalue weighted by Crippen LogP contribution is 2.55. The average Bonchev–Trinajstić information content (AvgIpc) is 3.09. The van der Waals surface area contributed by atoms with E-state index in [0.29, 0.717) is 6.54 Å². The van der Waals surface area contributed by atoms with Crippen LogP contribution in [0.5, 0.6) is 0 Å². The summed E-state index contributed by atoms with van der Waals surface area (Å²) in [6, 6.07) is 3.75. The molecule has 1 saturated heterocycles. The molecule has 4 heteroatoms. The fraction of sp³-hybridized carbons (Fsp3) is 0.647. The molecule has 2 nitrogen and oxygen atoms in total. The molecule has 0 aromatic heterocycles. The molecule has 1 heterocycles. The van der Waals surface area contributed by atoms with Crippen molar-refractivity contribution in [2.24, 2.45) is 23.7 Å². The van der Waals surface area contributed by atoms with Gasteiger partial charge in [0.15, 0.2) is 0 Å². The Morgan fingerprint density at radius 2 is 1.67 bits per heavy atom. The standard InChI is InChI=1S/C17H21F2NO/c18-14-2-1-3-15(19)17(14)16(21)9-20-7-12-10-4-5-11(6-10)13(12)8-20/h1-3,10-13,16,21H,4-9H2/t10-,11+,12-,13+,16?. The van der Waals surface area contributed by atoms with Crippen molar-refractivity contribution >= 4 is 0 Å². The molecule has 0 amide bonds. The first-order valence-corrected chi connectivity index (χ1v) is 7.98. The molecule has 1 N–H and O–H groups in total. The van der Waals surface area contributed by atoms with Gasteiger partial charge in [0.1, 0.15) is 11.6 Å². The Bertz CT molecular complexity index is 511. The van der Waals surface area contributed by atoms with Crippen LogP contribution in [0.15, 0.2) is 18.2 Å². The molecule has 21 heavy (non-hydrogen) atoms. The number of likely N-dealkylation sites (tertiary alicyclic amines) is 1. The van der Waals surface area contributed by atoms with Crippen LogP contribution in [-0.2, 0) is 0 Å². The summed E-state index contributed by atoms with van der Waals surface area (Å²) in [6.07, 6.45) is 3.00. The Morgan fingerprint density at radius 3 is 2.24 bits per heavy atom. The normalized spacial score (nSPS) is 36.1. The second-order valence-electron chi connectivity index (χ2n) is 7.03. The number of aliphatic hydroxyl groups excluding tert-OH is 1. The summed E-state index contributed by atoms with van der Waals surface area (Å²) in [5.74, 6) is 1.91. The first-order valence-electron chi connectivity index (χ1n) is 7.98. The lowest BCUT2D eigenvalue weighted by molar-refractivity contribution is 0.113. The zero-order valence-electron chi connectivity index (χ0n) is 12.0. The minimum Gasteiger partial charge on any atom is -0.387 e. The van der Waals surface area contributed by atoms with E-state index in [4.69, 9.17) is 0 Å². The second-order valence-corrected chi connectivity index (χ2v) is 7.03. The summed E-state index contributed by atoms with van der Waals surface area (Å²) in [6.45, 7) is 2.31. The van der Waals surface area contributed by atoms with Crippen LogP contribution < -0.4 is 0 Å². The first kappa shape index (κ1) is 13.6. The number of hydrogen-bond acceptors (Lipinski definition) is 2. The Morgan fingerprint density at radius 1 is 1.10 bits per heavy atom. The first-order chi connectivity index (χ1) is 10.1. The van der Waals surface area contributed by atoms with Gasteiger partial charge in [-0.25, -0.2) is 8.78 Å². The van der Waals surface area contributed by atoms with E-state index < -0.39 is 17.7 Å². The van der Waals surface area contributed by atoms with E-state index in [0.717, 1.165) is 36.8 Å². The molecule has 2 aliphatic carbocycles. The van der Waals surface area contributed by atoms with Gasteiger partial charge < -0.3 is 5.11 Å².